The van der Waals surface area contributed by atoms with Gasteiger partial charge in [-0.15, -0.1) is 0 Å². The minimum absolute atomic E-state index is 0.250. The minimum atomic E-state index is -1.12. The predicted octanol–water partition coefficient (Wildman–Crippen LogP) is 0.939. The quantitative estimate of drug-likeness (QED) is 0.696. The van der Waals surface area contributed by atoms with Crippen molar-refractivity contribution in [2.75, 3.05) is 6.54 Å². The zero-order valence-corrected chi connectivity index (χ0v) is 11.3. The van der Waals surface area contributed by atoms with Crippen molar-refractivity contribution in [3.63, 3.8) is 0 Å². The van der Waals surface area contributed by atoms with Crippen molar-refractivity contribution in [3.8, 4) is 0 Å². The molecule has 0 radical (unpaired) electrons. The Morgan fingerprint density at radius 2 is 1.95 bits per heavy atom. The Hall–Kier alpha value is -1.30. The highest BCUT2D eigenvalue weighted by atomic mass is 16.4. The number of aliphatic carboxylic acids is 1. The number of likely N-dealkylation sites (tertiary alicyclic amines) is 1. The van der Waals surface area contributed by atoms with E-state index in [0.29, 0.717) is 25.8 Å². The largest absolute Gasteiger partial charge is 0.480 e. The SMILES string of the molecule is CC1(C(=O)O)CCCN1C(=O)NC1CCCCC1O. The van der Waals surface area contributed by atoms with Crippen LogP contribution in [0.5, 0.6) is 0 Å². The molecule has 2 rings (SSSR count). The van der Waals surface area contributed by atoms with Crippen molar-refractivity contribution in [2.45, 2.75) is 63.1 Å². The summed E-state index contributed by atoms with van der Waals surface area (Å²) in [6.07, 6.45) is 4.07. The number of carboxylic acid groups (broad SMARTS) is 1. The Bertz CT molecular complexity index is 374. The number of aliphatic hydroxyl groups is 1. The van der Waals surface area contributed by atoms with Gasteiger partial charge in [0.1, 0.15) is 5.54 Å². The van der Waals surface area contributed by atoms with Crippen LogP contribution in [-0.4, -0.2) is 51.3 Å². The molecule has 1 saturated heterocycles. The fraction of sp³-hybridized carbons (Fsp3) is 0.846. The van der Waals surface area contributed by atoms with Crippen LogP contribution in [0, 0.1) is 0 Å². The van der Waals surface area contributed by atoms with E-state index in [2.05, 4.69) is 5.32 Å². The van der Waals surface area contributed by atoms with E-state index in [9.17, 15) is 19.8 Å². The van der Waals surface area contributed by atoms with Crippen molar-refractivity contribution in [2.24, 2.45) is 0 Å². The van der Waals surface area contributed by atoms with Gasteiger partial charge < -0.3 is 20.4 Å². The molecule has 1 aliphatic carbocycles. The van der Waals surface area contributed by atoms with Gasteiger partial charge in [-0.1, -0.05) is 12.8 Å². The molecule has 2 amide bonds. The number of aliphatic hydroxyl groups excluding tert-OH is 1. The maximum Gasteiger partial charge on any atom is 0.329 e. The minimum Gasteiger partial charge on any atom is -0.480 e. The average Bonchev–Trinajstić information content (AvgIpc) is 2.76. The summed E-state index contributed by atoms with van der Waals surface area (Å²) in [4.78, 5) is 24.9. The molecular weight excluding hydrogens is 248 g/mol. The Kier molecular flexibility index (Phi) is 3.99. The van der Waals surface area contributed by atoms with E-state index in [1.807, 2.05) is 0 Å². The summed E-state index contributed by atoms with van der Waals surface area (Å²) in [6.45, 7) is 2.04. The first-order valence-corrected chi connectivity index (χ1v) is 6.95. The lowest BCUT2D eigenvalue weighted by atomic mass is 9.92. The van der Waals surface area contributed by atoms with E-state index in [0.717, 1.165) is 19.3 Å². The van der Waals surface area contributed by atoms with Gasteiger partial charge >= 0.3 is 12.0 Å². The standard InChI is InChI=1S/C13H22N2O4/c1-13(11(17)18)7-4-8-15(13)12(19)14-9-5-2-3-6-10(9)16/h9-10,16H,2-8H2,1H3,(H,14,19)(H,17,18). The Morgan fingerprint density at radius 3 is 2.58 bits per heavy atom. The van der Waals surface area contributed by atoms with Crippen molar-refractivity contribution in [1.82, 2.24) is 10.2 Å². The van der Waals surface area contributed by atoms with Gasteiger partial charge in [0, 0.05) is 6.54 Å². The molecule has 0 bridgehead atoms. The van der Waals surface area contributed by atoms with Crippen molar-refractivity contribution >= 4 is 12.0 Å². The zero-order chi connectivity index (χ0) is 14.0. The monoisotopic (exact) mass is 270 g/mol. The van der Waals surface area contributed by atoms with Crippen LogP contribution in [-0.2, 0) is 4.79 Å². The molecule has 19 heavy (non-hydrogen) atoms. The normalized spacial score (nSPS) is 35.2. The first-order chi connectivity index (χ1) is 8.95. The Labute approximate surface area is 112 Å². The lowest BCUT2D eigenvalue weighted by Gasteiger charge is -2.35. The maximum atomic E-state index is 12.2. The molecule has 1 heterocycles. The smallest absolute Gasteiger partial charge is 0.329 e. The molecule has 0 aromatic heterocycles. The number of hydrogen-bond donors (Lipinski definition) is 3. The molecule has 108 valence electrons. The molecule has 2 fully saturated rings. The van der Waals surface area contributed by atoms with Crippen LogP contribution in [0.2, 0.25) is 0 Å². The van der Waals surface area contributed by atoms with Gasteiger partial charge in [0.25, 0.3) is 0 Å². The van der Waals surface area contributed by atoms with Gasteiger partial charge in [-0.3, -0.25) is 0 Å². The van der Waals surface area contributed by atoms with Crippen LogP contribution in [0.3, 0.4) is 0 Å². The lowest BCUT2D eigenvalue weighted by molar-refractivity contribution is -0.147. The zero-order valence-electron chi connectivity index (χ0n) is 11.3. The van der Waals surface area contributed by atoms with E-state index in [4.69, 9.17) is 0 Å². The number of nitrogens with one attached hydrogen (secondary N) is 1. The third-order valence-electron chi connectivity index (χ3n) is 4.39. The third kappa shape index (κ3) is 2.68. The van der Waals surface area contributed by atoms with Crippen molar-refractivity contribution in [3.05, 3.63) is 0 Å². The molecule has 3 unspecified atom stereocenters. The third-order valence-corrected chi connectivity index (χ3v) is 4.39. The molecular formula is C13H22N2O4. The maximum absolute atomic E-state index is 12.2. The highest BCUT2D eigenvalue weighted by molar-refractivity contribution is 5.86. The molecule has 2 aliphatic rings. The number of rotatable bonds is 2. The first kappa shape index (κ1) is 14.1. The Balaban J connectivity index is 2.01. The summed E-state index contributed by atoms with van der Waals surface area (Å²) in [7, 11) is 0. The van der Waals surface area contributed by atoms with Crippen LogP contribution in [0.4, 0.5) is 4.79 Å². The summed E-state index contributed by atoms with van der Waals surface area (Å²) in [5, 5.41) is 21.9. The topological polar surface area (TPSA) is 89.9 Å². The second-order valence-electron chi connectivity index (χ2n) is 5.74. The Morgan fingerprint density at radius 1 is 1.26 bits per heavy atom. The van der Waals surface area contributed by atoms with E-state index in [1.165, 1.54) is 4.90 Å². The summed E-state index contributed by atoms with van der Waals surface area (Å²) in [5.41, 5.74) is -1.12. The molecule has 6 heteroatoms. The second-order valence-corrected chi connectivity index (χ2v) is 5.74. The number of carbonyl (C=O) groups excluding carboxylic acids is 1. The highest BCUT2D eigenvalue weighted by Crippen LogP contribution is 2.29. The number of carboxylic acids is 1. The molecule has 0 aromatic carbocycles. The van der Waals surface area contributed by atoms with Gasteiger partial charge in [0.05, 0.1) is 12.1 Å². The van der Waals surface area contributed by atoms with Gasteiger partial charge in [-0.05, 0) is 32.6 Å². The second kappa shape index (κ2) is 5.36. The molecule has 3 atom stereocenters. The summed E-state index contributed by atoms with van der Waals surface area (Å²) < 4.78 is 0. The summed E-state index contributed by atoms with van der Waals surface area (Å²) in [5.74, 6) is -0.968. The van der Waals surface area contributed by atoms with Gasteiger partial charge in [0.2, 0.25) is 0 Å². The number of amides is 2. The molecule has 1 saturated carbocycles. The van der Waals surface area contributed by atoms with Gasteiger partial charge in [0.15, 0.2) is 0 Å². The van der Waals surface area contributed by atoms with Crippen LogP contribution in [0.1, 0.15) is 45.4 Å². The van der Waals surface area contributed by atoms with E-state index >= 15 is 0 Å². The van der Waals surface area contributed by atoms with Crippen LogP contribution in [0.25, 0.3) is 0 Å². The summed E-state index contributed by atoms with van der Waals surface area (Å²) in [6, 6.07) is -0.617. The number of carbonyl (C=O) groups is 2. The number of nitrogens with zero attached hydrogens (tertiary/aromatic N) is 1. The molecule has 6 nitrogen and oxygen atoms in total. The number of hydrogen-bond acceptors (Lipinski definition) is 3. The number of urea groups is 1. The van der Waals surface area contributed by atoms with Gasteiger partial charge in [-0.25, -0.2) is 9.59 Å². The molecule has 3 N–H and O–H groups in total. The van der Waals surface area contributed by atoms with E-state index in [1.54, 1.807) is 6.92 Å². The predicted molar refractivity (Wildman–Crippen MR) is 68.8 cm³/mol. The van der Waals surface area contributed by atoms with Crippen LogP contribution < -0.4 is 5.32 Å². The fourth-order valence-electron chi connectivity index (χ4n) is 3.03. The first-order valence-electron chi connectivity index (χ1n) is 6.95. The van der Waals surface area contributed by atoms with E-state index in [-0.39, 0.29) is 12.1 Å². The molecule has 1 aliphatic heterocycles. The highest BCUT2D eigenvalue weighted by Gasteiger charge is 2.46. The lowest BCUT2D eigenvalue weighted by Crippen LogP contribution is -2.57. The van der Waals surface area contributed by atoms with E-state index < -0.39 is 17.6 Å². The summed E-state index contributed by atoms with van der Waals surface area (Å²) >= 11 is 0. The fourth-order valence-corrected chi connectivity index (χ4v) is 3.03. The van der Waals surface area contributed by atoms with Crippen molar-refractivity contribution < 1.29 is 19.8 Å². The van der Waals surface area contributed by atoms with Crippen LogP contribution >= 0.6 is 0 Å². The van der Waals surface area contributed by atoms with Crippen LogP contribution in [0.15, 0.2) is 0 Å². The molecule has 0 aromatic rings. The van der Waals surface area contributed by atoms with Crippen molar-refractivity contribution in [1.29, 1.82) is 0 Å². The average molecular weight is 270 g/mol. The van der Waals surface area contributed by atoms with Gasteiger partial charge in [-0.2, -0.15) is 0 Å². The molecule has 0 spiro atoms.